The maximum absolute atomic E-state index is 12.5. The molecule has 2 aliphatic heterocycles. The van der Waals surface area contributed by atoms with E-state index >= 15 is 0 Å². The van der Waals surface area contributed by atoms with E-state index in [0.717, 1.165) is 25.9 Å². The first-order chi connectivity index (χ1) is 9.06. The van der Waals surface area contributed by atoms with Crippen LogP contribution in [0, 0.1) is 17.3 Å². The molecule has 110 valence electrons. The summed E-state index contributed by atoms with van der Waals surface area (Å²) in [4.78, 5) is 0. The SMILES string of the molecule is O=S(=O)(CC1CCCC1)N1CC2CNCC2(CO)C1. The van der Waals surface area contributed by atoms with Gasteiger partial charge in [0.2, 0.25) is 10.0 Å². The number of hydrogen-bond acceptors (Lipinski definition) is 4. The Morgan fingerprint density at radius 1 is 1.32 bits per heavy atom. The van der Waals surface area contributed by atoms with Gasteiger partial charge in [0.25, 0.3) is 0 Å². The second kappa shape index (κ2) is 4.98. The van der Waals surface area contributed by atoms with Gasteiger partial charge in [0.15, 0.2) is 0 Å². The fourth-order valence-corrected chi connectivity index (χ4v) is 5.99. The molecule has 5 nitrogen and oxygen atoms in total. The van der Waals surface area contributed by atoms with Gasteiger partial charge in [-0.3, -0.25) is 0 Å². The van der Waals surface area contributed by atoms with Gasteiger partial charge < -0.3 is 10.4 Å². The highest BCUT2D eigenvalue weighted by atomic mass is 32.2. The van der Waals surface area contributed by atoms with Gasteiger partial charge in [-0.2, -0.15) is 0 Å². The van der Waals surface area contributed by atoms with E-state index in [1.807, 2.05) is 0 Å². The summed E-state index contributed by atoms with van der Waals surface area (Å²) in [5, 5.41) is 12.9. The van der Waals surface area contributed by atoms with Crippen molar-refractivity contribution in [2.45, 2.75) is 25.7 Å². The number of aliphatic hydroxyl groups excluding tert-OH is 1. The number of sulfonamides is 1. The molecule has 2 unspecified atom stereocenters. The third-order valence-corrected chi connectivity index (χ3v) is 7.24. The molecule has 2 atom stereocenters. The van der Waals surface area contributed by atoms with E-state index in [0.29, 0.717) is 24.8 Å². The first-order valence-electron chi connectivity index (χ1n) is 7.35. The van der Waals surface area contributed by atoms with Gasteiger partial charge >= 0.3 is 0 Å². The van der Waals surface area contributed by atoms with Gasteiger partial charge in [0.1, 0.15) is 0 Å². The quantitative estimate of drug-likeness (QED) is 0.765. The van der Waals surface area contributed by atoms with Gasteiger partial charge in [-0.15, -0.1) is 0 Å². The molecule has 3 fully saturated rings. The molecule has 0 aromatic carbocycles. The van der Waals surface area contributed by atoms with Crippen LogP contribution in [-0.4, -0.2) is 56.4 Å². The number of nitrogens with zero attached hydrogens (tertiary/aromatic N) is 1. The standard InChI is InChI=1S/C13H24N2O3S/c16-10-13-8-14-5-12(13)6-15(9-13)19(17,18)7-11-3-1-2-4-11/h11-12,14,16H,1-10H2. The summed E-state index contributed by atoms with van der Waals surface area (Å²) in [7, 11) is -3.14. The van der Waals surface area contributed by atoms with E-state index in [1.54, 1.807) is 4.31 Å². The Morgan fingerprint density at radius 3 is 2.68 bits per heavy atom. The monoisotopic (exact) mass is 288 g/mol. The first kappa shape index (κ1) is 13.8. The third kappa shape index (κ3) is 2.44. The highest BCUT2D eigenvalue weighted by Gasteiger charge is 2.52. The second-order valence-electron chi connectivity index (χ2n) is 6.57. The lowest BCUT2D eigenvalue weighted by molar-refractivity contribution is 0.130. The van der Waals surface area contributed by atoms with E-state index < -0.39 is 10.0 Å². The van der Waals surface area contributed by atoms with Crippen LogP contribution in [0.2, 0.25) is 0 Å². The minimum absolute atomic E-state index is 0.0834. The van der Waals surface area contributed by atoms with Gasteiger partial charge in [0, 0.05) is 25.0 Å². The van der Waals surface area contributed by atoms with Crippen molar-refractivity contribution in [3.8, 4) is 0 Å². The summed E-state index contributed by atoms with van der Waals surface area (Å²) < 4.78 is 26.6. The number of aliphatic hydroxyl groups is 1. The topological polar surface area (TPSA) is 69.6 Å². The van der Waals surface area contributed by atoms with Crippen molar-refractivity contribution >= 4 is 10.0 Å². The molecule has 0 aromatic heterocycles. The molecular formula is C13H24N2O3S. The molecule has 19 heavy (non-hydrogen) atoms. The second-order valence-corrected chi connectivity index (χ2v) is 8.58. The van der Waals surface area contributed by atoms with E-state index in [9.17, 15) is 13.5 Å². The predicted molar refractivity (Wildman–Crippen MR) is 73.2 cm³/mol. The summed E-state index contributed by atoms with van der Waals surface area (Å²) in [6.45, 7) is 2.73. The third-order valence-electron chi connectivity index (χ3n) is 5.28. The minimum Gasteiger partial charge on any atom is -0.396 e. The molecule has 0 amide bonds. The van der Waals surface area contributed by atoms with Gasteiger partial charge in [-0.1, -0.05) is 12.8 Å². The van der Waals surface area contributed by atoms with E-state index in [2.05, 4.69) is 5.32 Å². The molecule has 1 saturated carbocycles. The van der Waals surface area contributed by atoms with E-state index in [1.165, 1.54) is 12.8 Å². The summed E-state index contributed by atoms with van der Waals surface area (Å²) >= 11 is 0. The molecule has 2 heterocycles. The lowest BCUT2D eigenvalue weighted by Crippen LogP contribution is -2.39. The molecule has 0 aromatic rings. The van der Waals surface area contributed by atoms with Crippen molar-refractivity contribution in [1.29, 1.82) is 0 Å². The summed E-state index contributed by atoms with van der Waals surface area (Å²) in [6.07, 6.45) is 4.47. The van der Waals surface area contributed by atoms with Crippen LogP contribution in [0.1, 0.15) is 25.7 Å². The van der Waals surface area contributed by atoms with Crippen LogP contribution in [0.4, 0.5) is 0 Å². The van der Waals surface area contributed by atoms with Crippen LogP contribution in [0.3, 0.4) is 0 Å². The van der Waals surface area contributed by atoms with Crippen molar-refractivity contribution in [2.24, 2.45) is 17.3 Å². The molecule has 3 rings (SSSR count). The van der Waals surface area contributed by atoms with Crippen LogP contribution in [0.15, 0.2) is 0 Å². The van der Waals surface area contributed by atoms with Gasteiger partial charge in [0.05, 0.1) is 12.4 Å². The molecule has 2 saturated heterocycles. The largest absolute Gasteiger partial charge is 0.396 e. The number of fused-ring (bicyclic) bond motifs is 1. The van der Waals surface area contributed by atoms with Crippen molar-refractivity contribution in [1.82, 2.24) is 9.62 Å². The van der Waals surface area contributed by atoms with Crippen LogP contribution >= 0.6 is 0 Å². The molecule has 0 bridgehead atoms. The molecule has 6 heteroatoms. The van der Waals surface area contributed by atoms with Crippen LogP contribution in [0.5, 0.6) is 0 Å². The highest BCUT2D eigenvalue weighted by molar-refractivity contribution is 7.89. The summed E-state index contributed by atoms with van der Waals surface area (Å²) in [5.74, 6) is 0.943. The smallest absolute Gasteiger partial charge is 0.214 e. The minimum atomic E-state index is -3.14. The number of hydrogen-bond donors (Lipinski definition) is 2. The lowest BCUT2D eigenvalue weighted by atomic mass is 9.82. The zero-order chi connectivity index (χ0) is 13.5. The van der Waals surface area contributed by atoms with Crippen molar-refractivity contribution in [2.75, 3.05) is 38.5 Å². The summed E-state index contributed by atoms with van der Waals surface area (Å²) in [5.41, 5.74) is -0.233. The molecular weight excluding hydrogens is 264 g/mol. The van der Waals surface area contributed by atoms with Crippen molar-refractivity contribution in [3.63, 3.8) is 0 Å². The maximum atomic E-state index is 12.5. The van der Waals surface area contributed by atoms with Crippen LogP contribution in [0.25, 0.3) is 0 Å². The fourth-order valence-electron chi connectivity index (χ4n) is 3.99. The average Bonchev–Trinajstić information content (AvgIpc) is 3.01. The molecule has 1 aliphatic carbocycles. The van der Waals surface area contributed by atoms with E-state index in [-0.39, 0.29) is 17.9 Å². The molecule has 0 radical (unpaired) electrons. The molecule has 2 N–H and O–H groups in total. The average molecular weight is 288 g/mol. The Bertz CT molecular complexity index is 433. The number of nitrogens with one attached hydrogen (secondary N) is 1. The Morgan fingerprint density at radius 2 is 2.05 bits per heavy atom. The van der Waals surface area contributed by atoms with E-state index in [4.69, 9.17) is 0 Å². The predicted octanol–water partition coefficient (Wildman–Crippen LogP) is 0.0201. The Balaban J connectivity index is 1.69. The Labute approximate surface area is 115 Å². The van der Waals surface area contributed by atoms with Crippen molar-refractivity contribution < 1.29 is 13.5 Å². The maximum Gasteiger partial charge on any atom is 0.214 e. The normalized spacial score (nSPS) is 37.0. The van der Waals surface area contributed by atoms with Crippen LogP contribution in [-0.2, 0) is 10.0 Å². The summed E-state index contributed by atoms with van der Waals surface area (Å²) in [6, 6.07) is 0. The first-order valence-corrected chi connectivity index (χ1v) is 8.96. The zero-order valence-corrected chi connectivity index (χ0v) is 12.2. The Kier molecular flexibility index (Phi) is 3.62. The zero-order valence-electron chi connectivity index (χ0n) is 11.3. The van der Waals surface area contributed by atoms with Crippen molar-refractivity contribution in [3.05, 3.63) is 0 Å². The fraction of sp³-hybridized carbons (Fsp3) is 1.00. The number of rotatable bonds is 4. The molecule has 3 aliphatic rings. The van der Waals surface area contributed by atoms with Crippen LogP contribution < -0.4 is 5.32 Å². The highest BCUT2D eigenvalue weighted by Crippen LogP contribution is 2.40. The lowest BCUT2D eigenvalue weighted by Gasteiger charge is -2.25. The molecule has 0 spiro atoms. The van der Waals surface area contributed by atoms with Gasteiger partial charge in [-0.05, 0) is 31.2 Å². The van der Waals surface area contributed by atoms with Gasteiger partial charge in [-0.25, -0.2) is 12.7 Å². The Hall–Kier alpha value is -0.170.